The molecule has 3 N–H and O–H groups in total. The average Bonchev–Trinajstić information content (AvgIpc) is 2.32. The summed E-state index contributed by atoms with van der Waals surface area (Å²) in [5.74, 6) is -0.718. The highest BCUT2D eigenvalue weighted by atomic mass is 19.1. The van der Waals surface area contributed by atoms with E-state index in [9.17, 15) is 9.18 Å². The summed E-state index contributed by atoms with van der Waals surface area (Å²) >= 11 is 0. The van der Waals surface area contributed by atoms with Crippen molar-refractivity contribution < 1.29 is 9.18 Å². The van der Waals surface area contributed by atoms with Crippen molar-refractivity contribution in [3.63, 3.8) is 0 Å². The molecule has 0 atom stereocenters. The van der Waals surface area contributed by atoms with Crippen LogP contribution in [0.3, 0.4) is 0 Å². The number of hydrogen-bond acceptors (Lipinski definition) is 3. The number of nitrogens with zero attached hydrogens (tertiary/aromatic N) is 1. The number of carbonyl (C=O) groups excluding carboxylic acids is 1. The maximum atomic E-state index is 12.9. The fraction of sp³-hybridized carbons (Fsp3) is 0.0769. The van der Waals surface area contributed by atoms with Crippen LogP contribution in [0.25, 0.3) is 0 Å². The van der Waals surface area contributed by atoms with Crippen LogP contribution in [0, 0.1) is 12.7 Å². The zero-order chi connectivity index (χ0) is 13.1. The lowest BCUT2D eigenvalue weighted by atomic mass is 10.2. The summed E-state index contributed by atoms with van der Waals surface area (Å²) in [6.45, 7) is 1.71. The Balaban J connectivity index is 2.21. The molecule has 0 bridgehead atoms. The molecule has 18 heavy (non-hydrogen) atoms. The first-order valence-corrected chi connectivity index (χ1v) is 5.35. The lowest BCUT2D eigenvalue weighted by molar-refractivity contribution is 0.102. The van der Waals surface area contributed by atoms with Crippen molar-refractivity contribution in [2.45, 2.75) is 6.92 Å². The molecule has 0 radical (unpaired) electrons. The maximum Gasteiger partial charge on any atom is 0.274 e. The number of aryl methyl sites for hydroxylation is 1. The average molecular weight is 245 g/mol. The van der Waals surface area contributed by atoms with Crippen molar-refractivity contribution in [1.29, 1.82) is 0 Å². The molecule has 0 saturated heterocycles. The van der Waals surface area contributed by atoms with Gasteiger partial charge in [0.05, 0.1) is 0 Å². The van der Waals surface area contributed by atoms with Crippen LogP contribution in [0.2, 0.25) is 0 Å². The Labute approximate surface area is 104 Å². The van der Waals surface area contributed by atoms with Crippen molar-refractivity contribution in [1.82, 2.24) is 4.98 Å². The Morgan fingerprint density at radius 1 is 1.33 bits per heavy atom. The first-order valence-electron chi connectivity index (χ1n) is 5.35. The summed E-state index contributed by atoms with van der Waals surface area (Å²) < 4.78 is 12.9. The maximum absolute atomic E-state index is 12.9. The van der Waals surface area contributed by atoms with Crippen molar-refractivity contribution in [2.75, 3.05) is 11.1 Å². The van der Waals surface area contributed by atoms with E-state index in [0.29, 0.717) is 16.9 Å². The number of nitrogen functional groups attached to an aromatic ring is 1. The number of nitrogens with two attached hydrogens (primary N) is 1. The fourth-order valence-corrected chi connectivity index (χ4v) is 1.52. The normalized spacial score (nSPS) is 10.1. The topological polar surface area (TPSA) is 68.0 Å². The smallest absolute Gasteiger partial charge is 0.274 e. The molecular formula is C13H12FN3O. The number of pyridine rings is 1. The molecule has 1 aromatic heterocycles. The summed E-state index contributed by atoms with van der Waals surface area (Å²) in [6, 6.07) is 7.22. The molecule has 0 aliphatic carbocycles. The molecule has 1 amide bonds. The van der Waals surface area contributed by atoms with Crippen LogP contribution in [0.1, 0.15) is 16.1 Å². The van der Waals surface area contributed by atoms with Crippen LogP contribution in [0.4, 0.5) is 15.8 Å². The van der Waals surface area contributed by atoms with E-state index >= 15 is 0 Å². The predicted molar refractivity (Wildman–Crippen MR) is 67.7 cm³/mol. The predicted octanol–water partition coefficient (Wildman–Crippen LogP) is 2.36. The standard InChI is InChI=1S/C13H12FN3O/c1-8-6-9(14)2-3-11(8)17-13(18)12-7-10(15)4-5-16-12/h2-7H,1H3,(H2,15,16)(H,17,18). The summed E-state index contributed by atoms with van der Waals surface area (Å²) in [5.41, 5.74) is 7.45. The van der Waals surface area contributed by atoms with Gasteiger partial charge < -0.3 is 11.1 Å². The number of anilines is 2. The number of aromatic nitrogens is 1. The highest BCUT2D eigenvalue weighted by Crippen LogP contribution is 2.16. The number of carbonyl (C=O) groups is 1. The molecule has 1 heterocycles. The summed E-state index contributed by atoms with van der Waals surface area (Å²) in [4.78, 5) is 15.8. The molecule has 0 saturated carbocycles. The Morgan fingerprint density at radius 3 is 2.78 bits per heavy atom. The minimum atomic E-state index is -0.378. The van der Waals surface area contributed by atoms with E-state index in [1.165, 1.54) is 30.5 Å². The first-order chi connectivity index (χ1) is 8.56. The third kappa shape index (κ3) is 2.63. The van der Waals surface area contributed by atoms with Crippen LogP contribution in [0.5, 0.6) is 0 Å². The Hall–Kier alpha value is -2.43. The Kier molecular flexibility index (Phi) is 3.23. The number of benzene rings is 1. The van der Waals surface area contributed by atoms with E-state index < -0.39 is 0 Å². The molecular weight excluding hydrogens is 233 g/mol. The Bertz CT molecular complexity index is 599. The van der Waals surface area contributed by atoms with Gasteiger partial charge in [0, 0.05) is 17.6 Å². The largest absolute Gasteiger partial charge is 0.399 e. The van der Waals surface area contributed by atoms with Gasteiger partial charge in [0.2, 0.25) is 0 Å². The monoisotopic (exact) mass is 245 g/mol. The summed E-state index contributed by atoms with van der Waals surface area (Å²) in [7, 11) is 0. The third-order valence-electron chi connectivity index (χ3n) is 2.45. The molecule has 1 aromatic carbocycles. The van der Waals surface area contributed by atoms with Crippen molar-refractivity contribution in [3.8, 4) is 0 Å². The quantitative estimate of drug-likeness (QED) is 0.853. The van der Waals surface area contributed by atoms with Gasteiger partial charge in [0.25, 0.3) is 5.91 Å². The van der Waals surface area contributed by atoms with Crippen molar-refractivity contribution in [3.05, 3.63) is 53.6 Å². The van der Waals surface area contributed by atoms with Gasteiger partial charge in [-0.1, -0.05) is 0 Å². The van der Waals surface area contributed by atoms with Gasteiger partial charge in [0.15, 0.2) is 0 Å². The van der Waals surface area contributed by atoms with Gasteiger partial charge >= 0.3 is 0 Å². The second-order valence-corrected chi connectivity index (χ2v) is 3.89. The summed E-state index contributed by atoms with van der Waals surface area (Å²) in [5, 5.41) is 2.66. The van der Waals surface area contributed by atoms with Crippen LogP contribution in [-0.4, -0.2) is 10.9 Å². The van der Waals surface area contributed by atoms with Gasteiger partial charge in [-0.15, -0.1) is 0 Å². The molecule has 92 valence electrons. The second-order valence-electron chi connectivity index (χ2n) is 3.89. The van der Waals surface area contributed by atoms with Gasteiger partial charge in [-0.3, -0.25) is 9.78 Å². The minimum absolute atomic E-state index is 0.221. The van der Waals surface area contributed by atoms with Crippen LogP contribution >= 0.6 is 0 Å². The SMILES string of the molecule is Cc1cc(F)ccc1NC(=O)c1cc(N)ccn1. The summed E-state index contributed by atoms with van der Waals surface area (Å²) in [6.07, 6.45) is 1.46. The molecule has 2 aromatic rings. The molecule has 0 spiro atoms. The fourth-order valence-electron chi connectivity index (χ4n) is 1.52. The van der Waals surface area contributed by atoms with E-state index in [4.69, 9.17) is 5.73 Å². The number of hydrogen-bond donors (Lipinski definition) is 2. The van der Waals surface area contributed by atoms with E-state index in [0.717, 1.165) is 0 Å². The molecule has 5 heteroatoms. The van der Waals surface area contributed by atoms with E-state index in [1.807, 2.05) is 0 Å². The molecule has 4 nitrogen and oxygen atoms in total. The van der Waals surface area contributed by atoms with E-state index in [1.54, 1.807) is 13.0 Å². The van der Waals surface area contributed by atoms with Crippen LogP contribution < -0.4 is 11.1 Å². The van der Waals surface area contributed by atoms with Crippen molar-refractivity contribution in [2.24, 2.45) is 0 Å². The van der Waals surface area contributed by atoms with Gasteiger partial charge in [0.1, 0.15) is 11.5 Å². The second kappa shape index (κ2) is 4.83. The van der Waals surface area contributed by atoms with Gasteiger partial charge in [-0.2, -0.15) is 0 Å². The number of nitrogens with one attached hydrogen (secondary N) is 1. The molecule has 0 unspecified atom stereocenters. The number of halogens is 1. The Morgan fingerprint density at radius 2 is 2.11 bits per heavy atom. The zero-order valence-electron chi connectivity index (χ0n) is 9.77. The minimum Gasteiger partial charge on any atom is -0.399 e. The number of rotatable bonds is 2. The highest BCUT2D eigenvalue weighted by Gasteiger charge is 2.09. The molecule has 0 fully saturated rings. The lowest BCUT2D eigenvalue weighted by Crippen LogP contribution is -2.14. The number of amides is 1. The first kappa shape index (κ1) is 12.0. The lowest BCUT2D eigenvalue weighted by Gasteiger charge is -2.08. The van der Waals surface area contributed by atoms with Gasteiger partial charge in [-0.05, 0) is 42.8 Å². The van der Waals surface area contributed by atoms with Gasteiger partial charge in [-0.25, -0.2) is 4.39 Å². The van der Waals surface area contributed by atoms with E-state index in [2.05, 4.69) is 10.3 Å². The van der Waals surface area contributed by atoms with E-state index in [-0.39, 0.29) is 17.4 Å². The molecule has 0 aliphatic rings. The zero-order valence-corrected chi connectivity index (χ0v) is 9.77. The van der Waals surface area contributed by atoms with Crippen LogP contribution in [-0.2, 0) is 0 Å². The van der Waals surface area contributed by atoms with Crippen molar-refractivity contribution >= 4 is 17.3 Å². The third-order valence-corrected chi connectivity index (χ3v) is 2.45. The van der Waals surface area contributed by atoms with Crippen LogP contribution in [0.15, 0.2) is 36.5 Å². The molecule has 2 rings (SSSR count). The molecule has 0 aliphatic heterocycles. The highest BCUT2D eigenvalue weighted by molar-refractivity contribution is 6.03.